The van der Waals surface area contributed by atoms with Crippen LogP contribution in [0.25, 0.3) is 0 Å². The van der Waals surface area contributed by atoms with Crippen LogP contribution >= 0.6 is 0 Å². The molecule has 0 unspecified atom stereocenters. The maximum Gasteiger partial charge on any atom is 0.266 e. The average molecular weight is 266 g/mol. The van der Waals surface area contributed by atoms with E-state index in [1.807, 2.05) is 0 Å². The van der Waals surface area contributed by atoms with E-state index in [0.29, 0.717) is 5.95 Å². The molecule has 8 nitrogen and oxygen atoms in total. The Kier molecular flexibility index (Phi) is 3.33. The highest BCUT2D eigenvalue weighted by atomic mass is 32.2. The van der Waals surface area contributed by atoms with E-state index in [1.54, 1.807) is 7.05 Å². The Hall–Kier alpha value is -2.29. The van der Waals surface area contributed by atoms with E-state index in [1.165, 1.54) is 31.0 Å². The van der Waals surface area contributed by atoms with Crippen molar-refractivity contribution in [1.82, 2.24) is 19.9 Å². The van der Waals surface area contributed by atoms with Gasteiger partial charge in [0, 0.05) is 19.4 Å². The zero-order chi connectivity index (χ0) is 13.0. The van der Waals surface area contributed by atoms with E-state index in [0.717, 1.165) is 0 Å². The summed E-state index contributed by atoms with van der Waals surface area (Å²) >= 11 is 0. The van der Waals surface area contributed by atoms with E-state index in [-0.39, 0.29) is 10.7 Å². The molecule has 2 heterocycles. The Balaban J connectivity index is 2.25. The quantitative estimate of drug-likeness (QED) is 0.808. The van der Waals surface area contributed by atoms with Gasteiger partial charge < -0.3 is 5.32 Å². The summed E-state index contributed by atoms with van der Waals surface area (Å²) in [6, 6.07) is 0. The molecule has 0 aliphatic heterocycles. The fourth-order valence-electron chi connectivity index (χ4n) is 1.13. The molecule has 0 bridgehead atoms. The summed E-state index contributed by atoms with van der Waals surface area (Å²) in [5, 5.41) is 2.70. The second kappa shape index (κ2) is 4.92. The molecule has 0 aliphatic rings. The Morgan fingerprint density at radius 3 is 2.33 bits per heavy atom. The molecular formula is C9H10N6O2S. The highest BCUT2D eigenvalue weighted by Gasteiger charge is 2.15. The van der Waals surface area contributed by atoms with Gasteiger partial charge in [0.15, 0.2) is 5.82 Å². The molecular weight excluding hydrogens is 256 g/mol. The highest BCUT2D eigenvalue weighted by Crippen LogP contribution is 2.11. The average Bonchev–Trinajstić information content (AvgIpc) is 2.39. The first-order valence-electron chi connectivity index (χ1n) is 4.90. The molecule has 0 amide bonds. The van der Waals surface area contributed by atoms with Crippen LogP contribution in [0.4, 0.5) is 11.8 Å². The normalized spacial score (nSPS) is 10.9. The minimum Gasteiger partial charge on any atom is -0.357 e. The van der Waals surface area contributed by atoms with Crippen molar-refractivity contribution in [1.29, 1.82) is 0 Å². The molecule has 2 rings (SSSR count). The standard InChI is InChI=1S/C9H10N6O2S/c1-10-9-13-4-7(5-14-9)18(16,17)15-8-6-11-2-3-12-8/h2-6H,1H3,(H,12,15)(H,10,13,14). The number of hydrogen-bond acceptors (Lipinski definition) is 7. The minimum absolute atomic E-state index is 0.0489. The lowest BCUT2D eigenvalue weighted by molar-refractivity contribution is 0.600. The van der Waals surface area contributed by atoms with Crippen molar-refractivity contribution in [3.05, 3.63) is 31.0 Å². The van der Waals surface area contributed by atoms with Gasteiger partial charge in [-0.1, -0.05) is 0 Å². The summed E-state index contributed by atoms with van der Waals surface area (Å²) in [5.41, 5.74) is 0. The summed E-state index contributed by atoms with van der Waals surface area (Å²) in [7, 11) is -2.10. The number of anilines is 2. The van der Waals surface area contributed by atoms with Gasteiger partial charge in [-0.2, -0.15) is 0 Å². The van der Waals surface area contributed by atoms with E-state index in [9.17, 15) is 8.42 Å². The maximum atomic E-state index is 11.9. The van der Waals surface area contributed by atoms with E-state index >= 15 is 0 Å². The lowest BCUT2D eigenvalue weighted by atomic mass is 10.7. The minimum atomic E-state index is -3.74. The Morgan fingerprint density at radius 2 is 1.78 bits per heavy atom. The monoisotopic (exact) mass is 266 g/mol. The fraction of sp³-hybridized carbons (Fsp3) is 0.111. The first kappa shape index (κ1) is 12.2. The third-order valence-corrected chi connectivity index (χ3v) is 3.27. The molecule has 2 N–H and O–H groups in total. The number of rotatable bonds is 4. The van der Waals surface area contributed by atoms with Crippen LogP contribution in [0.5, 0.6) is 0 Å². The summed E-state index contributed by atoms with van der Waals surface area (Å²) in [6.07, 6.45) is 6.55. The molecule has 0 saturated carbocycles. The van der Waals surface area contributed by atoms with Crippen molar-refractivity contribution in [2.24, 2.45) is 0 Å². The first-order chi connectivity index (χ1) is 8.62. The highest BCUT2D eigenvalue weighted by molar-refractivity contribution is 7.92. The predicted octanol–water partition coefficient (Wildman–Crippen LogP) is 0.109. The van der Waals surface area contributed by atoms with E-state index < -0.39 is 10.0 Å². The smallest absolute Gasteiger partial charge is 0.266 e. The second-order valence-electron chi connectivity index (χ2n) is 3.19. The van der Waals surface area contributed by atoms with Crippen molar-refractivity contribution in [2.45, 2.75) is 4.90 Å². The molecule has 0 saturated heterocycles. The number of nitrogens with zero attached hydrogens (tertiary/aromatic N) is 4. The SMILES string of the molecule is CNc1ncc(S(=O)(=O)Nc2cnccn2)cn1. The number of nitrogens with one attached hydrogen (secondary N) is 2. The second-order valence-corrected chi connectivity index (χ2v) is 4.87. The molecule has 18 heavy (non-hydrogen) atoms. The van der Waals surface area contributed by atoms with Crippen LogP contribution in [0.3, 0.4) is 0 Å². The first-order valence-corrected chi connectivity index (χ1v) is 6.39. The largest absolute Gasteiger partial charge is 0.357 e. The van der Waals surface area contributed by atoms with Crippen LogP contribution < -0.4 is 10.0 Å². The molecule has 0 aromatic carbocycles. The van der Waals surface area contributed by atoms with Crippen LogP contribution in [0.1, 0.15) is 0 Å². The van der Waals surface area contributed by atoms with Gasteiger partial charge >= 0.3 is 0 Å². The van der Waals surface area contributed by atoms with E-state index in [2.05, 4.69) is 30.0 Å². The molecule has 9 heteroatoms. The van der Waals surface area contributed by atoms with Crippen molar-refractivity contribution >= 4 is 21.8 Å². The van der Waals surface area contributed by atoms with Crippen molar-refractivity contribution in [3.8, 4) is 0 Å². The van der Waals surface area contributed by atoms with Crippen LogP contribution in [0, 0.1) is 0 Å². The molecule has 0 fully saturated rings. The topological polar surface area (TPSA) is 110 Å². The van der Waals surface area contributed by atoms with Gasteiger partial charge in [0.05, 0.1) is 18.6 Å². The summed E-state index contributed by atoms with van der Waals surface area (Å²) in [4.78, 5) is 15.2. The van der Waals surface area contributed by atoms with Crippen LogP contribution in [0.2, 0.25) is 0 Å². The van der Waals surface area contributed by atoms with Gasteiger partial charge in [0.1, 0.15) is 4.90 Å². The molecule has 0 aliphatic carbocycles. The molecule has 0 radical (unpaired) electrons. The van der Waals surface area contributed by atoms with Gasteiger partial charge in [-0.15, -0.1) is 0 Å². The predicted molar refractivity (Wildman–Crippen MR) is 64.4 cm³/mol. The molecule has 0 spiro atoms. The zero-order valence-electron chi connectivity index (χ0n) is 9.40. The maximum absolute atomic E-state index is 11.9. The molecule has 0 atom stereocenters. The third-order valence-electron chi connectivity index (χ3n) is 1.96. The Morgan fingerprint density at radius 1 is 1.06 bits per heavy atom. The van der Waals surface area contributed by atoms with Gasteiger partial charge in [-0.3, -0.25) is 9.71 Å². The molecule has 2 aromatic rings. The van der Waals surface area contributed by atoms with Gasteiger partial charge in [0.25, 0.3) is 10.0 Å². The Bertz CT molecular complexity index is 613. The molecule has 2 aromatic heterocycles. The van der Waals surface area contributed by atoms with Crippen molar-refractivity contribution in [2.75, 3.05) is 17.1 Å². The van der Waals surface area contributed by atoms with Gasteiger partial charge in [-0.05, 0) is 0 Å². The third kappa shape index (κ3) is 2.69. The lowest BCUT2D eigenvalue weighted by Crippen LogP contribution is -2.15. The fourth-order valence-corrected chi connectivity index (χ4v) is 2.01. The summed E-state index contributed by atoms with van der Waals surface area (Å²) < 4.78 is 26.1. The number of sulfonamides is 1. The van der Waals surface area contributed by atoms with E-state index in [4.69, 9.17) is 0 Å². The summed E-state index contributed by atoms with van der Waals surface area (Å²) in [5.74, 6) is 0.476. The Labute approximate surface area is 104 Å². The van der Waals surface area contributed by atoms with Gasteiger partial charge in [0.2, 0.25) is 5.95 Å². The van der Waals surface area contributed by atoms with Crippen LogP contribution in [-0.4, -0.2) is 35.4 Å². The molecule has 94 valence electrons. The van der Waals surface area contributed by atoms with Crippen molar-refractivity contribution < 1.29 is 8.42 Å². The van der Waals surface area contributed by atoms with Gasteiger partial charge in [-0.25, -0.2) is 23.4 Å². The number of aromatic nitrogens is 4. The van der Waals surface area contributed by atoms with Crippen LogP contribution in [0.15, 0.2) is 35.9 Å². The zero-order valence-corrected chi connectivity index (χ0v) is 10.2. The van der Waals surface area contributed by atoms with Crippen molar-refractivity contribution in [3.63, 3.8) is 0 Å². The summed E-state index contributed by atoms with van der Waals surface area (Å²) in [6.45, 7) is 0. The number of hydrogen-bond donors (Lipinski definition) is 2. The lowest BCUT2D eigenvalue weighted by Gasteiger charge is -2.06. The van der Waals surface area contributed by atoms with Crippen LogP contribution in [-0.2, 0) is 10.0 Å².